The van der Waals surface area contributed by atoms with Crippen LogP contribution in [0.15, 0.2) is 12.1 Å². The summed E-state index contributed by atoms with van der Waals surface area (Å²) < 4.78 is 12.7. The number of hydrogen-bond donors (Lipinski definition) is 1. The molecular weight excluding hydrogens is 278 g/mol. The van der Waals surface area contributed by atoms with E-state index in [1.807, 2.05) is 0 Å². The van der Waals surface area contributed by atoms with Crippen molar-refractivity contribution in [2.24, 2.45) is 0 Å². The Kier molecular flexibility index (Phi) is 6.00. The number of benzene rings is 1. The molecule has 0 spiro atoms. The minimum absolute atomic E-state index is 0.219. The summed E-state index contributed by atoms with van der Waals surface area (Å²) in [5.41, 5.74) is 5.30. The summed E-state index contributed by atoms with van der Waals surface area (Å²) in [6.45, 7) is 9.54. The lowest BCUT2D eigenvalue weighted by molar-refractivity contribution is 0.585. The molecule has 1 aromatic carbocycles. The standard InChI is InChI=1S/C18H29NOS/c1-5-19-17(12-21(20)16-8-6-7-9-16)18-14(3)10-13(2)11-15(18)4/h10-11,16-17,19H,5-9,12H2,1-4H3. The molecule has 0 heterocycles. The largest absolute Gasteiger partial charge is 0.309 e. The fraction of sp³-hybridized carbons (Fsp3) is 0.667. The second kappa shape index (κ2) is 7.55. The first kappa shape index (κ1) is 16.7. The molecule has 1 aliphatic carbocycles. The highest BCUT2D eigenvalue weighted by molar-refractivity contribution is 7.85. The van der Waals surface area contributed by atoms with Crippen LogP contribution in [0.25, 0.3) is 0 Å². The van der Waals surface area contributed by atoms with Crippen LogP contribution in [0.5, 0.6) is 0 Å². The van der Waals surface area contributed by atoms with Crippen molar-refractivity contribution in [3.8, 4) is 0 Å². The van der Waals surface area contributed by atoms with Crippen LogP contribution in [0.3, 0.4) is 0 Å². The molecule has 2 nitrogen and oxygen atoms in total. The summed E-state index contributed by atoms with van der Waals surface area (Å²) in [6, 6.07) is 4.70. The molecular formula is C18H29NOS. The monoisotopic (exact) mass is 307 g/mol. The van der Waals surface area contributed by atoms with Gasteiger partial charge < -0.3 is 5.32 Å². The van der Waals surface area contributed by atoms with Crippen LogP contribution in [-0.2, 0) is 10.8 Å². The van der Waals surface area contributed by atoms with E-state index in [0.717, 1.165) is 25.1 Å². The number of rotatable bonds is 6. The average molecular weight is 308 g/mol. The summed E-state index contributed by atoms with van der Waals surface area (Å²) >= 11 is 0. The van der Waals surface area contributed by atoms with Crippen molar-refractivity contribution in [2.45, 2.75) is 64.7 Å². The minimum Gasteiger partial charge on any atom is -0.309 e. The maximum Gasteiger partial charge on any atom is 0.0442 e. The fourth-order valence-electron chi connectivity index (χ4n) is 3.68. The topological polar surface area (TPSA) is 29.1 Å². The van der Waals surface area contributed by atoms with Crippen molar-refractivity contribution < 1.29 is 4.21 Å². The van der Waals surface area contributed by atoms with E-state index in [9.17, 15) is 4.21 Å². The normalized spacial score (nSPS) is 18.9. The Bertz CT molecular complexity index is 483. The lowest BCUT2D eigenvalue weighted by Crippen LogP contribution is -2.30. The highest BCUT2D eigenvalue weighted by Gasteiger charge is 2.25. The molecule has 1 aliphatic rings. The molecule has 0 aliphatic heterocycles. The van der Waals surface area contributed by atoms with Crippen molar-refractivity contribution in [2.75, 3.05) is 12.3 Å². The van der Waals surface area contributed by atoms with Gasteiger partial charge in [-0.05, 0) is 56.8 Å². The Labute approximate surface area is 132 Å². The van der Waals surface area contributed by atoms with Crippen LogP contribution >= 0.6 is 0 Å². The summed E-state index contributed by atoms with van der Waals surface area (Å²) in [5, 5.41) is 3.99. The number of aryl methyl sites for hydroxylation is 3. The average Bonchev–Trinajstić information content (AvgIpc) is 2.91. The molecule has 2 rings (SSSR count). The van der Waals surface area contributed by atoms with Crippen LogP contribution in [0, 0.1) is 20.8 Å². The maximum atomic E-state index is 12.7. The second-order valence-electron chi connectivity index (χ2n) is 6.38. The number of hydrogen-bond acceptors (Lipinski definition) is 2. The quantitative estimate of drug-likeness (QED) is 0.862. The molecule has 0 radical (unpaired) electrons. The molecule has 0 bridgehead atoms. The smallest absolute Gasteiger partial charge is 0.0442 e. The van der Waals surface area contributed by atoms with Crippen molar-refractivity contribution in [3.63, 3.8) is 0 Å². The maximum absolute atomic E-state index is 12.7. The van der Waals surface area contributed by atoms with E-state index in [1.54, 1.807) is 0 Å². The lowest BCUT2D eigenvalue weighted by Gasteiger charge is -2.24. The van der Waals surface area contributed by atoms with E-state index >= 15 is 0 Å². The Hall–Kier alpha value is -0.670. The van der Waals surface area contributed by atoms with Crippen molar-refractivity contribution >= 4 is 10.8 Å². The summed E-state index contributed by atoms with van der Waals surface area (Å²) in [6.07, 6.45) is 4.81. The van der Waals surface area contributed by atoms with E-state index in [1.165, 1.54) is 35.1 Å². The van der Waals surface area contributed by atoms with Gasteiger partial charge in [0.2, 0.25) is 0 Å². The molecule has 1 aromatic rings. The Morgan fingerprint density at radius 2 is 1.76 bits per heavy atom. The van der Waals surface area contributed by atoms with Crippen LogP contribution in [0.4, 0.5) is 0 Å². The van der Waals surface area contributed by atoms with Gasteiger partial charge in [-0.1, -0.05) is 37.5 Å². The van der Waals surface area contributed by atoms with Crippen LogP contribution in [0.2, 0.25) is 0 Å². The Morgan fingerprint density at radius 3 is 2.29 bits per heavy atom. The van der Waals surface area contributed by atoms with Gasteiger partial charge in [0.25, 0.3) is 0 Å². The highest BCUT2D eigenvalue weighted by atomic mass is 32.2. The third-order valence-corrected chi connectivity index (χ3v) is 6.42. The van der Waals surface area contributed by atoms with E-state index < -0.39 is 10.8 Å². The molecule has 2 unspecified atom stereocenters. The SMILES string of the molecule is CCNC(CS(=O)C1CCCC1)c1c(C)cc(C)cc1C. The molecule has 21 heavy (non-hydrogen) atoms. The molecule has 1 saturated carbocycles. The van der Waals surface area contributed by atoms with Crippen molar-refractivity contribution in [1.29, 1.82) is 0 Å². The molecule has 0 amide bonds. The number of nitrogens with one attached hydrogen (secondary N) is 1. The van der Waals surface area contributed by atoms with Gasteiger partial charge in [-0.3, -0.25) is 4.21 Å². The second-order valence-corrected chi connectivity index (χ2v) is 8.14. The van der Waals surface area contributed by atoms with Gasteiger partial charge in [0, 0.05) is 27.8 Å². The first-order valence-corrected chi connectivity index (χ1v) is 9.59. The minimum atomic E-state index is -0.712. The first-order valence-electron chi connectivity index (χ1n) is 8.21. The van der Waals surface area contributed by atoms with E-state index in [0.29, 0.717) is 5.25 Å². The van der Waals surface area contributed by atoms with Gasteiger partial charge in [0.15, 0.2) is 0 Å². The predicted molar refractivity (Wildman–Crippen MR) is 92.3 cm³/mol. The van der Waals surface area contributed by atoms with Gasteiger partial charge in [-0.2, -0.15) is 0 Å². The van der Waals surface area contributed by atoms with Gasteiger partial charge >= 0.3 is 0 Å². The Morgan fingerprint density at radius 1 is 1.19 bits per heavy atom. The molecule has 0 saturated heterocycles. The Balaban J connectivity index is 2.20. The van der Waals surface area contributed by atoms with Crippen LogP contribution in [0.1, 0.15) is 60.9 Å². The van der Waals surface area contributed by atoms with Gasteiger partial charge in [-0.25, -0.2) is 0 Å². The molecule has 2 atom stereocenters. The predicted octanol–water partition coefficient (Wildman–Crippen LogP) is 3.95. The van der Waals surface area contributed by atoms with Gasteiger partial charge in [0.05, 0.1) is 0 Å². The van der Waals surface area contributed by atoms with E-state index in [4.69, 9.17) is 0 Å². The summed E-state index contributed by atoms with van der Waals surface area (Å²) in [5.74, 6) is 0.753. The summed E-state index contributed by atoms with van der Waals surface area (Å²) in [7, 11) is -0.712. The fourth-order valence-corrected chi connectivity index (χ4v) is 5.43. The zero-order valence-corrected chi connectivity index (χ0v) is 14.7. The van der Waals surface area contributed by atoms with E-state index in [-0.39, 0.29) is 6.04 Å². The molecule has 3 heteroatoms. The molecule has 1 N–H and O–H groups in total. The summed E-state index contributed by atoms with van der Waals surface area (Å²) in [4.78, 5) is 0. The molecule has 118 valence electrons. The highest BCUT2D eigenvalue weighted by Crippen LogP contribution is 2.28. The lowest BCUT2D eigenvalue weighted by atomic mass is 9.95. The molecule has 1 fully saturated rings. The third kappa shape index (κ3) is 4.17. The molecule has 0 aromatic heterocycles. The first-order chi connectivity index (χ1) is 10.0. The van der Waals surface area contributed by atoms with Crippen LogP contribution < -0.4 is 5.32 Å². The zero-order chi connectivity index (χ0) is 15.4. The van der Waals surface area contributed by atoms with Gasteiger partial charge in [-0.15, -0.1) is 0 Å². The van der Waals surface area contributed by atoms with Crippen LogP contribution in [-0.4, -0.2) is 21.8 Å². The third-order valence-electron chi connectivity index (χ3n) is 4.54. The zero-order valence-electron chi connectivity index (χ0n) is 13.9. The van der Waals surface area contributed by atoms with Crippen molar-refractivity contribution in [3.05, 3.63) is 34.4 Å². The van der Waals surface area contributed by atoms with Gasteiger partial charge in [0.1, 0.15) is 0 Å². The van der Waals surface area contributed by atoms with Crippen molar-refractivity contribution in [1.82, 2.24) is 5.32 Å². The van der Waals surface area contributed by atoms with E-state index in [2.05, 4.69) is 45.1 Å².